The van der Waals surface area contributed by atoms with Crippen LogP contribution in [-0.2, 0) is 25.3 Å². The summed E-state index contributed by atoms with van der Waals surface area (Å²) in [5.41, 5.74) is 5.81. The Morgan fingerprint density at radius 1 is 1.00 bits per heavy atom. The molecule has 0 bridgehead atoms. The fourth-order valence-corrected chi connectivity index (χ4v) is 5.70. The summed E-state index contributed by atoms with van der Waals surface area (Å²) in [7, 11) is 0. The van der Waals surface area contributed by atoms with Crippen molar-refractivity contribution in [3.8, 4) is 0 Å². The van der Waals surface area contributed by atoms with Gasteiger partial charge in [0.1, 0.15) is 11.3 Å². The number of aromatic nitrogens is 2. The number of piperidine rings is 1. The van der Waals surface area contributed by atoms with Crippen molar-refractivity contribution in [1.82, 2.24) is 14.7 Å². The van der Waals surface area contributed by atoms with Crippen LogP contribution in [0.3, 0.4) is 0 Å². The third-order valence-corrected chi connectivity index (χ3v) is 8.01. The Morgan fingerprint density at radius 3 is 2.30 bits per heavy atom. The number of nitrogens with zero attached hydrogens (tertiary/aromatic N) is 3. The topological polar surface area (TPSA) is 49.6 Å². The van der Waals surface area contributed by atoms with Crippen LogP contribution in [0.4, 0.5) is 14.5 Å². The average molecular weight is 545 g/mol. The third-order valence-electron chi connectivity index (χ3n) is 8.01. The largest absolute Gasteiger partial charge is 0.371 e. The summed E-state index contributed by atoms with van der Waals surface area (Å²) < 4.78 is 29.9. The number of benzene rings is 2. The van der Waals surface area contributed by atoms with E-state index in [4.69, 9.17) is 0 Å². The van der Waals surface area contributed by atoms with Crippen molar-refractivity contribution < 1.29 is 13.6 Å². The molecule has 5 nitrogen and oxygen atoms in total. The minimum atomic E-state index is -3.05. The number of nitrogens with one attached hydrogen (secondary N) is 1. The molecule has 0 spiro atoms. The second kappa shape index (κ2) is 11.8. The molecule has 0 radical (unpaired) electrons. The van der Waals surface area contributed by atoms with Gasteiger partial charge in [0.15, 0.2) is 0 Å². The van der Waals surface area contributed by atoms with Crippen molar-refractivity contribution in [3.63, 3.8) is 0 Å². The number of amides is 1. The van der Waals surface area contributed by atoms with E-state index in [2.05, 4.69) is 58.5 Å². The molecular weight excluding hydrogens is 506 g/mol. The molecule has 1 N–H and O–H groups in total. The van der Waals surface area contributed by atoms with Gasteiger partial charge >= 0.3 is 0 Å². The molecule has 3 heterocycles. The Kier molecular flexibility index (Phi) is 8.19. The van der Waals surface area contributed by atoms with Crippen LogP contribution in [0.15, 0.2) is 66.9 Å². The summed E-state index contributed by atoms with van der Waals surface area (Å²) in [6.45, 7) is 7.40. The second-order valence-corrected chi connectivity index (χ2v) is 10.9. The molecule has 40 heavy (non-hydrogen) atoms. The molecule has 0 saturated carbocycles. The van der Waals surface area contributed by atoms with E-state index in [1.807, 2.05) is 19.1 Å². The first kappa shape index (κ1) is 27.8. The van der Waals surface area contributed by atoms with Crippen LogP contribution < -0.4 is 10.2 Å². The van der Waals surface area contributed by atoms with Crippen molar-refractivity contribution in [2.45, 2.75) is 71.3 Å². The molecule has 1 fully saturated rings. The Bertz CT molecular complexity index is 1450. The summed E-state index contributed by atoms with van der Waals surface area (Å²) in [5, 5.41) is 2.98. The molecule has 0 aliphatic carbocycles. The predicted octanol–water partition coefficient (Wildman–Crippen LogP) is 7.27. The number of rotatable bonds is 9. The van der Waals surface area contributed by atoms with E-state index in [1.165, 1.54) is 33.3 Å². The zero-order valence-corrected chi connectivity index (χ0v) is 23.6. The first-order chi connectivity index (χ1) is 19.3. The molecule has 1 amide bonds. The van der Waals surface area contributed by atoms with Gasteiger partial charge in [-0.25, -0.2) is 13.8 Å². The lowest BCUT2D eigenvalue weighted by Gasteiger charge is -2.34. The van der Waals surface area contributed by atoms with Gasteiger partial charge in [-0.05, 0) is 72.6 Å². The maximum Gasteiger partial charge on any atom is 0.274 e. The van der Waals surface area contributed by atoms with Crippen molar-refractivity contribution in [2.75, 3.05) is 18.0 Å². The summed E-state index contributed by atoms with van der Waals surface area (Å²) in [6.07, 6.45) is 6.26. The van der Waals surface area contributed by atoms with Crippen LogP contribution in [0.25, 0.3) is 5.65 Å². The molecule has 7 heteroatoms. The number of carbonyl (C=O) groups excluding carboxylic acids is 1. The summed E-state index contributed by atoms with van der Waals surface area (Å²) in [5.74, 6) is -2.76. The van der Waals surface area contributed by atoms with Gasteiger partial charge in [0.2, 0.25) is 0 Å². The van der Waals surface area contributed by atoms with Gasteiger partial charge in [-0.2, -0.15) is 0 Å². The lowest BCUT2D eigenvalue weighted by atomic mass is 9.88. The molecule has 1 aliphatic rings. The van der Waals surface area contributed by atoms with Gasteiger partial charge in [-0.1, -0.05) is 56.7 Å². The second-order valence-electron chi connectivity index (χ2n) is 10.9. The first-order valence-corrected chi connectivity index (χ1v) is 14.4. The highest BCUT2D eigenvalue weighted by Crippen LogP contribution is 2.32. The normalized spacial score (nSPS) is 14.6. The smallest absolute Gasteiger partial charge is 0.274 e. The molecule has 2 aromatic carbocycles. The number of pyridine rings is 1. The van der Waals surface area contributed by atoms with Crippen LogP contribution in [0, 0.1) is 0 Å². The molecule has 4 aromatic rings. The van der Waals surface area contributed by atoms with Gasteiger partial charge in [0, 0.05) is 38.4 Å². The molecule has 2 aromatic heterocycles. The summed E-state index contributed by atoms with van der Waals surface area (Å²) >= 11 is 0. The van der Waals surface area contributed by atoms with E-state index in [0.717, 1.165) is 51.3 Å². The highest BCUT2D eigenvalue weighted by molar-refractivity contribution is 5.95. The lowest BCUT2D eigenvalue weighted by molar-refractivity contribution is 0.0185. The van der Waals surface area contributed by atoms with Crippen molar-refractivity contribution in [3.05, 3.63) is 101 Å². The Labute approximate surface area is 235 Å². The minimum absolute atomic E-state index is 0.134. The van der Waals surface area contributed by atoms with Gasteiger partial charge < -0.3 is 10.2 Å². The molecular formula is C33H38F2N4O. The van der Waals surface area contributed by atoms with Crippen molar-refractivity contribution in [1.29, 1.82) is 0 Å². The number of halogens is 2. The number of anilines is 1. The lowest BCUT2D eigenvalue weighted by Crippen LogP contribution is -2.32. The third kappa shape index (κ3) is 5.88. The highest BCUT2D eigenvalue weighted by atomic mass is 19.3. The number of hydrogen-bond donors (Lipinski definition) is 1. The molecule has 0 atom stereocenters. The zero-order valence-electron chi connectivity index (χ0n) is 23.6. The standard InChI is InChI=1S/C33H38F2N4O/c1-4-7-29-30(39-19-6-8-28(31(39)37-29)33(3,34)35)32(40)36-22-24-11-15-27(16-12-24)38-20-17-26(18-21-38)25-13-9-23(5-2)10-14-25/h6,8-16,19,26H,4-5,7,17-18,20-22H2,1-3H3,(H,36,40). The Hall–Kier alpha value is -3.74. The van der Waals surface area contributed by atoms with E-state index in [0.29, 0.717) is 30.3 Å². The fraction of sp³-hybridized carbons (Fsp3) is 0.394. The molecule has 0 unspecified atom stereocenters. The van der Waals surface area contributed by atoms with E-state index in [-0.39, 0.29) is 17.1 Å². The average Bonchev–Trinajstić information content (AvgIpc) is 3.34. The SMILES string of the molecule is CCCc1nc2c(C(C)(F)F)cccn2c1C(=O)NCc1ccc(N2CCC(c3ccc(CC)cc3)CC2)cc1. The van der Waals surface area contributed by atoms with Gasteiger partial charge in [-0.15, -0.1) is 0 Å². The van der Waals surface area contributed by atoms with Crippen molar-refractivity contribution >= 4 is 17.2 Å². The number of hydrogen-bond acceptors (Lipinski definition) is 3. The van der Waals surface area contributed by atoms with E-state index < -0.39 is 5.92 Å². The van der Waals surface area contributed by atoms with E-state index >= 15 is 0 Å². The summed E-state index contributed by atoms with van der Waals surface area (Å²) in [4.78, 5) is 20.2. The van der Waals surface area contributed by atoms with Crippen LogP contribution in [0.2, 0.25) is 0 Å². The molecule has 5 rings (SSSR count). The Balaban J connectivity index is 1.22. The van der Waals surface area contributed by atoms with Crippen LogP contribution in [0.5, 0.6) is 0 Å². The quantitative estimate of drug-likeness (QED) is 0.241. The molecule has 1 aliphatic heterocycles. The van der Waals surface area contributed by atoms with Crippen LogP contribution in [0.1, 0.15) is 84.4 Å². The number of aryl methyl sites for hydroxylation is 2. The van der Waals surface area contributed by atoms with Crippen LogP contribution in [-0.4, -0.2) is 28.4 Å². The van der Waals surface area contributed by atoms with Crippen LogP contribution >= 0.6 is 0 Å². The van der Waals surface area contributed by atoms with Crippen molar-refractivity contribution in [2.24, 2.45) is 0 Å². The fourth-order valence-electron chi connectivity index (χ4n) is 5.70. The monoisotopic (exact) mass is 544 g/mol. The maximum atomic E-state index is 14.2. The highest BCUT2D eigenvalue weighted by Gasteiger charge is 2.30. The first-order valence-electron chi connectivity index (χ1n) is 14.4. The number of carbonyl (C=O) groups is 1. The van der Waals surface area contributed by atoms with Gasteiger partial charge in [0.25, 0.3) is 11.8 Å². The van der Waals surface area contributed by atoms with E-state index in [1.54, 1.807) is 6.20 Å². The molecule has 210 valence electrons. The number of imidazole rings is 1. The number of alkyl halides is 2. The zero-order chi connectivity index (χ0) is 28.3. The van der Waals surface area contributed by atoms with Gasteiger partial charge in [0.05, 0.1) is 11.3 Å². The summed E-state index contributed by atoms with van der Waals surface area (Å²) in [6, 6.07) is 20.3. The minimum Gasteiger partial charge on any atom is -0.371 e. The number of fused-ring (bicyclic) bond motifs is 1. The van der Waals surface area contributed by atoms with E-state index in [9.17, 15) is 13.6 Å². The van der Waals surface area contributed by atoms with Gasteiger partial charge in [-0.3, -0.25) is 9.20 Å². The Morgan fingerprint density at radius 2 is 1.68 bits per heavy atom. The predicted molar refractivity (Wildman–Crippen MR) is 156 cm³/mol. The maximum absolute atomic E-state index is 14.2. The molecule has 1 saturated heterocycles.